The molecule has 2 unspecified atom stereocenters. The lowest BCUT2D eigenvalue weighted by molar-refractivity contribution is -0.126. The van der Waals surface area contributed by atoms with E-state index >= 15 is 4.39 Å². The Kier molecular flexibility index (Phi) is 5.12. The number of aromatic nitrogens is 3. The third-order valence-electron chi connectivity index (χ3n) is 6.75. The Labute approximate surface area is 207 Å². The number of amides is 1. The third kappa shape index (κ3) is 3.42. The first-order valence-electron chi connectivity index (χ1n) is 11.0. The number of likely N-dealkylation sites (tertiary alicyclic amines) is 1. The van der Waals surface area contributed by atoms with Gasteiger partial charge in [0.05, 0.1) is 15.2 Å². The van der Waals surface area contributed by atoms with E-state index < -0.39 is 11.6 Å². The maximum Gasteiger partial charge on any atom is 0.246 e. The minimum absolute atomic E-state index is 0.0338. The molecule has 7 nitrogen and oxygen atoms in total. The topological polar surface area (TPSA) is 88.2 Å². The summed E-state index contributed by atoms with van der Waals surface area (Å²) in [6.45, 7) is 5.51. The molecule has 0 radical (unpaired) electrons. The first-order valence-corrected chi connectivity index (χ1v) is 12.2. The van der Waals surface area contributed by atoms with Gasteiger partial charge in [-0.2, -0.15) is 0 Å². The number of piperidine rings is 1. The molecular formula is C24H19ClF2N6OS. The molecule has 11 heteroatoms. The summed E-state index contributed by atoms with van der Waals surface area (Å²) in [5, 5.41) is 0.781. The van der Waals surface area contributed by atoms with Crippen LogP contribution in [0.25, 0.3) is 32.2 Å². The van der Waals surface area contributed by atoms with E-state index in [1.165, 1.54) is 24.5 Å². The van der Waals surface area contributed by atoms with Crippen LogP contribution in [0.1, 0.15) is 6.42 Å². The van der Waals surface area contributed by atoms with Crippen LogP contribution in [0.2, 0.25) is 5.02 Å². The Morgan fingerprint density at radius 2 is 2.06 bits per heavy atom. The molecule has 4 aromatic rings. The van der Waals surface area contributed by atoms with Gasteiger partial charge >= 0.3 is 0 Å². The van der Waals surface area contributed by atoms with Gasteiger partial charge in [-0.3, -0.25) is 4.79 Å². The maximum atomic E-state index is 16.0. The van der Waals surface area contributed by atoms with Gasteiger partial charge in [-0.15, -0.1) is 0 Å². The molecular weight excluding hydrogens is 494 g/mol. The van der Waals surface area contributed by atoms with Gasteiger partial charge in [-0.1, -0.05) is 29.5 Å². The number of hydrogen-bond donors (Lipinski definition) is 1. The molecule has 2 aromatic carbocycles. The van der Waals surface area contributed by atoms with Gasteiger partial charge in [0.1, 0.15) is 23.5 Å². The average molecular weight is 513 g/mol. The number of nitrogen functional groups attached to an aromatic ring is 1. The van der Waals surface area contributed by atoms with Gasteiger partial charge < -0.3 is 15.5 Å². The van der Waals surface area contributed by atoms with Gasteiger partial charge in [0.2, 0.25) is 5.91 Å². The largest absolute Gasteiger partial charge is 0.375 e. The second-order valence-electron chi connectivity index (χ2n) is 8.82. The summed E-state index contributed by atoms with van der Waals surface area (Å²) in [4.78, 5) is 29.0. The number of fused-ring (bicyclic) bond motifs is 4. The van der Waals surface area contributed by atoms with Crippen molar-refractivity contribution in [3.8, 4) is 11.1 Å². The maximum absolute atomic E-state index is 16.0. The molecule has 0 saturated carbocycles. The van der Waals surface area contributed by atoms with Crippen LogP contribution in [-0.2, 0) is 4.79 Å². The third-order valence-corrected chi connectivity index (χ3v) is 7.94. The lowest BCUT2D eigenvalue weighted by atomic mass is 9.98. The molecule has 2 aromatic heterocycles. The van der Waals surface area contributed by atoms with E-state index in [0.717, 1.165) is 17.8 Å². The van der Waals surface area contributed by atoms with Crippen LogP contribution in [0, 0.1) is 17.6 Å². The standard InChI is InChI=1S/C24H19ClF2N6OS/c1-2-17(34)33-8-11-5-12(33)9-32(7-11)23-14-6-15(25)18(19(27)20(14)29-10-30-23)13-3-4-16(26)22-21(13)31-24(28)35-22/h2-4,6,10-12H,1,5,7-9H2,(H2,28,31). The second-order valence-corrected chi connectivity index (χ2v) is 10.3. The summed E-state index contributed by atoms with van der Waals surface area (Å²) in [5.74, 6) is -0.362. The normalized spacial score (nSPS) is 19.6. The van der Waals surface area contributed by atoms with Crippen LogP contribution in [0.4, 0.5) is 19.7 Å². The number of nitrogens with two attached hydrogens (primary N) is 1. The Hall–Kier alpha value is -3.37. The minimum atomic E-state index is -0.640. The summed E-state index contributed by atoms with van der Waals surface area (Å²) in [5.41, 5.74) is 6.58. The van der Waals surface area contributed by atoms with E-state index in [-0.39, 0.29) is 49.3 Å². The summed E-state index contributed by atoms with van der Waals surface area (Å²) >= 11 is 7.62. The highest BCUT2D eigenvalue weighted by Gasteiger charge is 2.41. The smallest absolute Gasteiger partial charge is 0.246 e. The Bertz CT molecular complexity index is 1540. The molecule has 2 bridgehead atoms. The van der Waals surface area contributed by atoms with Crippen LogP contribution < -0.4 is 10.6 Å². The predicted octanol–water partition coefficient (Wildman–Crippen LogP) is 4.64. The van der Waals surface area contributed by atoms with E-state index in [1.807, 2.05) is 4.90 Å². The zero-order chi connectivity index (χ0) is 24.4. The van der Waals surface area contributed by atoms with E-state index in [2.05, 4.69) is 26.4 Å². The highest BCUT2D eigenvalue weighted by atomic mass is 35.5. The quantitative estimate of drug-likeness (QED) is 0.402. The summed E-state index contributed by atoms with van der Waals surface area (Å²) in [6, 6.07) is 4.37. The first kappa shape index (κ1) is 22.1. The van der Waals surface area contributed by atoms with E-state index in [1.54, 1.807) is 6.07 Å². The van der Waals surface area contributed by atoms with Crippen molar-refractivity contribution in [2.75, 3.05) is 30.3 Å². The van der Waals surface area contributed by atoms with Crippen molar-refractivity contribution in [3.63, 3.8) is 0 Å². The van der Waals surface area contributed by atoms with Gasteiger partial charge in [-0.05, 0) is 36.6 Å². The van der Waals surface area contributed by atoms with Gasteiger partial charge in [0.15, 0.2) is 10.9 Å². The summed E-state index contributed by atoms with van der Waals surface area (Å²) in [6.07, 6.45) is 3.57. The zero-order valence-electron chi connectivity index (χ0n) is 18.3. The van der Waals surface area contributed by atoms with Crippen molar-refractivity contribution < 1.29 is 13.6 Å². The summed E-state index contributed by atoms with van der Waals surface area (Å²) in [7, 11) is 0. The van der Waals surface area contributed by atoms with Crippen LogP contribution >= 0.6 is 22.9 Å². The van der Waals surface area contributed by atoms with Crippen molar-refractivity contribution in [1.82, 2.24) is 19.9 Å². The fraction of sp³-hybridized carbons (Fsp3) is 0.250. The number of hydrogen-bond acceptors (Lipinski definition) is 7. The number of halogens is 3. The van der Waals surface area contributed by atoms with Crippen molar-refractivity contribution in [2.45, 2.75) is 12.5 Å². The van der Waals surface area contributed by atoms with Gasteiger partial charge in [0, 0.05) is 42.2 Å². The van der Waals surface area contributed by atoms with E-state index in [0.29, 0.717) is 36.4 Å². The van der Waals surface area contributed by atoms with Crippen LogP contribution in [0.3, 0.4) is 0 Å². The lowest BCUT2D eigenvalue weighted by Gasteiger charge is -2.33. The highest BCUT2D eigenvalue weighted by molar-refractivity contribution is 7.22. The molecule has 0 spiro atoms. The van der Waals surface area contributed by atoms with Crippen molar-refractivity contribution in [3.05, 3.63) is 53.8 Å². The molecule has 35 heavy (non-hydrogen) atoms. The number of nitrogens with zero attached hydrogens (tertiary/aromatic N) is 5. The number of thiazole rings is 1. The molecule has 2 N–H and O–H groups in total. The molecule has 2 aliphatic heterocycles. The minimum Gasteiger partial charge on any atom is -0.375 e. The molecule has 2 saturated heterocycles. The Balaban J connectivity index is 1.46. The number of benzene rings is 2. The van der Waals surface area contributed by atoms with Crippen molar-refractivity contribution in [2.24, 2.45) is 5.92 Å². The van der Waals surface area contributed by atoms with E-state index in [4.69, 9.17) is 17.3 Å². The Morgan fingerprint density at radius 1 is 1.23 bits per heavy atom. The fourth-order valence-corrected chi connectivity index (χ4v) is 6.39. The monoisotopic (exact) mass is 512 g/mol. The average Bonchev–Trinajstić information content (AvgIpc) is 3.38. The molecule has 4 heterocycles. The van der Waals surface area contributed by atoms with Crippen LogP contribution in [0.5, 0.6) is 0 Å². The molecule has 2 fully saturated rings. The molecule has 6 rings (SSSR count). The van der Waals surface area contributed by atoms with Crippen LogP contribution in [-0.4, -0.2) is 51.4 Å². The second kappa shape index (κ2) is 8.10. The number of carbonyl (C=O) groups excluding carboxylic acids is 1. The molecule has 2 atom stereocenters. The highest BCUT2D eigenvalue weighted by Crippen LogP contribution is 2.42. The molecule has 178 valence electrons. The predicted molar refractivity (Wildman–Crippen MR) is 134 cm³/mol. The zero-order valence-corrected chi connectivity index (χ0v) is 19.9. The lowest BCUT2D eigenvalue weighted by Crippen LogP contribution is -2.44. The van der Waals surface area contributed by atoms with Crippen molar-refractivity contribution in [1.29, 1.82) is 0 Å². The van der Waals surface area contributed by atoms with Crippen LogP contribution in [0.15, 0.2) is 37.2 Å². The van der Waals surface area contributed by atoms with E-state index in [9.17, 15) is 9.18 Å². The van der Waals surface area contributed by atoms with Crippen molar-refractivity contribution >= 4 is 60.9 Å². The van der Waals surface area contributed by atoms with Gasteiger partial charge in [-0.25, -0.2) is 23.7 Å². The SMILES string of the molecule is C=CC(=O)N1CC2CC1CN(c1ncnc3c(F)c(-c4ccc(F)c5sc(N)nc45)c(Cl)cc13)C2. The first-order chi connectivity index (χ1) is 16.9. The summed E-state index contributed by atoms with van der Waals surface area (Å²) < 4.78 is 30.5. The molecule has 1 amide bonds. The fourth-order valence-electron chi connectivity index (χ4n) is 5.33. The van der Waals surface area contributed by atoms with Gasteiger partial charge in [0.25, 0.3) is 0 Å². The molecule has 0 aliphatic carbocycles. The number of carbonyl (C=O) groups is 1. The molecule has 2 aliphatic rings. The number of anilines is 2. The number of rotatable bonds is 3. The Morgan fingerprint density at radius 3 is 2.86 bits per heavy atom.